The van der Waals surface area contributed by atoms with Gasteiger partial charge in [-0.15, -0.1) is 0 Å². The van der Waals surface area contributed by atoms with Crippen LogP contribution in [0.25, 0.3) is 0 Å². The maximum absolute atomic E-state index is 12.1. The van der Waals surface area contributed by atoms with E-state index in [0.717, 1.165) is 0 Å². The molecule has 0 fully saturated rings. The zero-order valence-electron chi connectivity index (χ0n) is 13.3. The van der Waals surface area contributed by atoms with E-state index in [1.54, 1.807) is 13.8 Å². The van der Waals surface area contributed by atoms with Crippen LogP contribution in [0.1, 0.15) is 24.2 Å². The van der Waals surface area contributed by atoms with Crippen LogP contribution in [-0.4, -0.2) is 51.9 Å². The molecule has 1 N–H and O–H groups in total. The number of nitrogens with zero attached hydrogens (tertiary/aromatic N) is 1. The average Bonchev–Trinajstić information content (AvgIpc) is 2.43. The Morgan fingerprint density at radius 3 is 2.43 bits per heavy atom. The molecule has 1 amide bonds. The number of hydrogen-bond donors (Lipinski definition) is 1. The first kappa shape index (κ1) is 19.6. The van der Waals surface area contributed by atoms with E-state index in [-0.39, 0.29) is 22.4 Å². The molecule has 0 saturated heterocycles. The quantitative estimate of drug-likeness (QED) is 0.720. The number of carbonyl (C=O) groups is 2. The molecule has 0 aliphatic heterocycles. The van der Waals surface area contributed by atoms with Crippen molar-refractivity contribution in [1.82, 2.24) is 9.62 Å². The standard InChI is InChI=1S/C14H19BrN2O5S/c1-9(2)16-23(20,21)10-5-6-12(15)11(7-10)14(19)22-8-13(18)17(3)4/h5-7,9,16H,8H2,1-4H3. The molecule has 1 rings (SSSR count). The first-order valence-electron chi connectivity index (χ1n) is 6.73. The fourth-order valence-electron chi connectivity index (χ4n) is 1.54. The van der Waals surface area contributed by atoms with Crippen LogP contribution in [0.5, 0.6) is 0 Å². The van der Waals surface area contributed by atoms with Gasteiger partial charge in [-0.3, -0.25) is 4.79 Å². The minimum Gasteiger partial charge on any atom is -0.452 e. The predicted octanol–water partition coefficient (Wildman–Crippen LogP) is 1.38. The van der Waals surface area contributed by atoms with Crippen molar-refractivity contribution in [3.63, 3.8) is 0 Å². The van der Waals surface area contributed by atoms with Crippen molar-refractivity contribution in [2.75, 3.05) is 20.7 Å². The van der Waals surface area contributed by atoms with E-state index in [0.29, 0.717) is 4.47 Å². The van der Waals surface area contributed by atoms with Gasteiger partial charge in [-0.1, -0.05) is 0 Å². The van der Waals surface area contributed by atoms with Crippen LogP contribution in [0, 0.1) is 0 Å². The Labute approximate surface area is 144 Å². The summed E-state index contributed by atoms with van der Waals surface area (Å²) in [7, 11) is -0.654. The van der Waals surface area contributed by atoms with Crippen LogP contribution in [0.4, 0.5) is 0 Å². The summed E-state index contributed by atoms with van der Waals surface area (Å²) in [5.41, 5.74) is 0.0307. The second-order valence-electron chi connectivity index (χ2n) is 5.28. The van der Waals surface area contributed by atoms with Gasteiger partial charge in [-0.25, -0.2) is 17.9 Å². The van der Waals surface area contributed by atoms with E-state index in [1.807, 2.05) is 0 Å². The number of benzene rings is 1. The number of likely N-dealkylation sites (N-methyl/N-ethyl adjacent to an activating group) is 1. The molecule has 0 spiro atoms. The van der Waals surface area contributed by atoms with E-state index in [1.165, 1.54) is 37.2 Å². The number of nitrogens with one attached hydrogen (secondary N) is 1. The number of carbonyl (C=O) groups excluding carboxylic acids is 2. The summed E-state index contributed by atoms with van der Waals surface area (Å²) in [5.74, 6) is -1.16. The minimum absolute atomic E-state index is 0.0307. The van der Waals surface area contributed by atoms with Gasteiger partial charge in [0.2, 0.25) is 10.0 Å². The van der Waals surface area contributed by atoms with Gasteiger partial charge in [-0.2, -0.15) is 0 Å². The lowest BCUT2D eigenvalue weighted by Crippen LogP contribution is -2.30. The molecule has 0 aliphatic carbocycles. The van der Waals surface area contributed by atoms with Crippen molar-refractivity contribution < 1.29 is 22.7 Å². The van der Waals surface area contributed by atoms with Gasteiger partial charge in [0.25, 0.3) is 5.91 Å². The van der Waals surface area contributed by atoms with Crippen molar-refractivity contribution in [3.8, 4) is 0 Å². The first-order chi connectivity index (χ1) is 10.5. The van der Waals surface area contributed by atoms with Crippen LogP contribution in [0.15, 0.2) is 27.6 Å². The molecule has 0 aliphatic rings. The monoisotopic (exact) mass is 406 g/mol. The zero-order chi connectivity index (χ0) is 17.8. The lowest BCUT2D eigenvalue weighted by Gasteiger charge is -2.13. The molecule has 0 bridgehead atoms. The normalized spacial score (nSPS) is 11.4. The number of sulfonamides is 1. The van der Waals surface area contributed by atoms with E-state index in [2.05, 4.69) is 20.7 Å². The molecule has 0 saturated carbocycles. The van der Waals surface area contributed by atoms with E-state index in [4.69, 9.17) is 4.74 Å². The van der Waals surface area contributed by atoms with Gasteiger partial charge in [-0.05, 0) is 48.0 Å². The third-order valence-electron chi connectivity index (χ3n) is 2.68. The molecule has 0 unspecified atom stereocenters. The van der Waals surface area contributed by atoms with Gasteiger partial charge >= 0.3 is 5.97 Å². The van der Waals surface area contributed by atoms with Crippen molar-refractivity contribution in [3.05, 3.63) is 28.2 Å². The molecule has 0 radical (unpaired) electrons. The highest BCUT2D eigenvalue weighted by atomic mass is 79.9. The molecular formula is C14H19BrN2O5S. The first-order valence-corrected chi connectivity index (χ1v) is 9.01. The number of ether oxygens (including phenoxy) is 1. The maximum atomic E-state index is 12.1. The maximum Gasteiger partial charge on any atom is 0.339 e. The van der Waals surface area contributed by atoms with Crippen molar-refractivity contribution >= 4 is 37.8 Å². The molecule has 128 valence electrons. The predicted molar refractivity (Wildman–Crippen MR) is 88.6 cm³/mol. The van der Waals surface area contributed by atoms with Gasteiger partial charge in [0.15, 0.2) is 6.61 Å². The summed E-state index contributed by atoms with van der Waals surface area (Å²) in [6.07, 6.45) is 0. The molecule has 1 aromatic carbocycles. The van der Waals surface area contributed by atoms with Crippen molar-refractivity contribution in [2.24, 2.45) is 0 Å². The van der Waals surface area contributed by atoms with Crippen molar-refractivity contribution in [2.45, 2.75) is 24.8 Å². The molecular weight excluding hydrogens is 388 g/mol. The SMILES string of the molecule is CC(C)NS(=O)(=O)c1ccc(Br)c(C(=O)OCC(=O)N(C)C)c1. The Bertz CT molecular complexity index is 701. The van der Waals surface area contributed by atoms with Gasteiger partial charge in [0, 0.05) is 24.6 Å². The Morgan fingerprint density at radius 2 is 1.91 bits per heavy atom. The number of halogens is 1. The summed E-state index contributed by atoms with van der Waals surface area (Å²) >= 11 is 3.17. The average molecular weight is 407 g/mol. The zero-order valence-corrected chi connectivity index (χ0v) is 15.7. The van der Waals surface area contributed by atoms with Crippen LogP contribution in [0.2, 0.25) is 0 Å². The molecule has 9 heteroatoms. The molecule has 0 atom stereocenters. The second-order valence-corrected chi connectivity index (χ2v) is 7.85. The Kier molecular flexibility index (Phi) is 6.72. The summed E-state index contributed by atoms with van der Waals surface area (Å²) in [6, 6.07) is 3.74. The fourth-order valence-corrected chi connectivity index (χ4v) is 3.23. The number of esters is 1. The number of amides is 1. The van der Waals surface area contributed by atoms with E-state index >= 15 is 0 Å². The summed E-state index contributed by atoms with van der Waals surface area (Å²) in [6.45, 7) is 2.97. The number of hydrogen-bond acceptors (Lipinski definition) is 5. The smallest absolute Gasteiger partial charge is 0.339 e. The van der Waals surface area contributed by atoms with Crippen LogP contribution in [-0.2, 0) is 19.6 Å². The summed E-state index contributed by atoms with van der Waals surface area (Å²) in [4.78, 5) is 24.7. The third-order valence-corrected chi connectivity index (χ3v) is 5.03. The highest BCUT2D eigenvalue weighted by molar-refractivity contribution is 9.10. The van der Waals surface area contributed by atoms with Gasteiger partial charge in [0.1, 0.15) is 0 Å². The molecule has 1 aromatic rings. The lowest BCUT2D eigenvalue weighted by molar-refractivity contribution is -0.131. The third kappa shape index (κ3) is 5.60. The van der Waals surface area contributed by atoms with E-state index < -0.39 is 22.6 Å². The largest absolute Gasteiger partial charge is 0.452 e. The Morgan fingerprint density at radius 1 is 1.30 bits per heavy atom. The highest BCUT2D eigenvalue weighted by Gasteiger charge is 2.20. The molecule has 7 nitrogen and oxygen atoms in total. The Balaban J connectivity index is 3.02. The topological polar surface area (TPSA) is 92.8 Å². The summed E-state index contributed by atoms with van der Waals surface area (Å²) < 4.78 is 32.0. The van der Waals surface area contributed by atoms with Crippen LogP contribution >= 0.6 is 15.9 Å². The fraction of sp³-hybridized carbons (Fsp3) is 0.429. The molecule has 0 heterocycles. The second kappa shape index (κ2) is 7.89. The van der Waals surface area contributed by atoms with Gasteiger partial charge in [0.05, 0.1) is 10.5 Å². The highest BCUT2D eigenvalue weighted by Crippen LogP contribution is 2.22. The number of rotatable bonds is 6. The summed E-state index contributed by atoms with van der Waals surface area (Å²) in [5, 5.41) is 0. The van der Waals surface area contributed by atoms with Crippen molar-refractivity contribution in [1.29, 1.82) is 0 Å². The van der Waals surface area contributed by atoms with E-state index in [9.17, 15) is 18.0 Å². The molecule has 0 aromatic heterocycles. The van der Waals surface area contributed by atoms with Crippen LogP contribution < -0.4 is 4.72 Å². The van der Waals surface area contributed by atoms with Gasteiger partial charge < -0.3 is 9.64 Å². The van der Waals surface area contributed by atoms with Crippen LogP contribution in [0.3, 0.4) is 0 Å². The molecule has 23 heavy (non-hydrogen) atoms. The minimum atomic E-state index is -3.73. The lowest BCUT2D eigenvalue weighted by atomic mass is 10.2. The Hall–Kier alpha value is -1.45.